The smallest absolute Gasteiger partial charge is 0.438 e. The minimum Gasteiger partial charge on any atom is -0.438 e. The van der Waals surface area contributed by atoms with Crippen molar-refractivity contribution in [3.63, 3.8) is 0 Å². The minimum atomic E-state index is -1.63. The second-order valence-corrected chi connectivity index (χ2v) is 12.9. The van der Waals surface area contributed by atoms with Crippen LogP contribution in [0, 0.1) is 34.0 Å². The van der Waals surface area contributed by atoms with E-state index in [0.717, 1.165) is 12.0 Å². The first kappa shape index (κ1) is 28.3. The number of aliphatic hydroxyl groups is 1. The lowest BCUT2D eigenvalue weighted by Crippen LogP contribution is -2.63. The molecule has 0 bridgehead atoms. The molecule has 1 unspecified atom stereocenters. The lowest BCUT2D eigenvalue weighted by Gasteiger charge is -2.59. The van der Waals surface area contributed by atoms with Gasteiger partial charge in [0.25, 0.3) is 0 Å². The van der Waals surface area contributed by atoms with Crippen LogP contribution in [-0.2, 0) is 28.5 Å². The molecule has 3 fully saturated rings. The van der Waals surface area contributed by atoms with Crippen LogP contribution >= 0.6 is 0 Å². The summed E-state index contributed by atoms with van der Waals surface area (Å²) in [6, 6.07) is 0. The molecule has 4 aliphatic rings. The first-order valence-corrected chi connectivity index (χ1v) is 13.4. The van der Waals surface area contributed by atoms with Crippen LogP contribution in [0.5, 0.6) is 0 Å². The number of carbonyl (C=O) groups excluding carboxylic acids is 4. The van der Waals surface area contributed by atoms with E-state index in [1.54, 1.807) is 12.2 Å². The summed E-state index contributed by atoms with van der Waals surface area (Å²) in [5.41, 5.74) is -2.25. The van der Waals surface area contributed by atoms with E-state index in [9.17, 15) is 24.3 Å². The summed E-state index contributed by atoms with van der Waals surface area (Å²) < 4.78 is 20.8. The number of Topliss-reactive ketones (excluding diaryl/α,β-unsaturated/α-hetero) is 1. The molecule has 4 rings (SSSR count). The SMILES string of the molecule is COC(=O)O[C@]1(C(=O)COC(=O)OCC(C)(C)C)CC[C@H]2[C@@H]3CCC4=CC(=O)C=C[C@]4(C)[C@H]3C(O)C[C@@]21C. The Balaban J connectivity index is 1.62. The molecule has 0 spiro atoms. The number of ketones is 2. The highest BCUT2D eigenvalue weighted by molar-refractivity contribution is 6.01. The van der Waals surface area contributed by atoms with Crippen molar-refractivity contribution in [3.05, 3.63) is 23.8 Å². The third kappa shape index (κ3) is 4.67. The number of methoxy groups -OCH3 is 1. The van der Waals surface area contributed by atoms with Gasteiger partial charge in [0.05, 0.1) is 19.8 Å². The summed E-state index contributed by atoms with van der Waals surface area (Å²) in [4.78, 5) is 50.5. The third-order valence-electron chi connectivity index (χ3n) is 9.43. The van der Waals surface area contributed by atoms with Crippen LogP contribution in [0.1, 0.15) is 66.7 Å². The highest BCUT2D eigenvalue weighted by atomic mass is 16.7. The number of carbonyl (C=O) groups is 4. The molecule has 0 aromatic rings. The van der Waals surface area contributed by atoms with Gasteiger partial charge in [0.1, 0.15) is 0 Å². The molecular weight excluding hydrogens is 492 g/mol. The summed E-state index contributed by atoms with van der Waals surface area (Å²) in [6.07, 6.45) is 4.91. The number of allylic oxidation sites excluding steroid dienone is 4. The van der Waals surface area contributed by atoms with Crippen molar-refractivity contribution in [2.45, 2.75) is 78.4 Å². The van der Waals surface area contributed by atoms with E-state index in [4.69, 9.17) is 18.9 Å². The second-order valence-electron chi connectivity index (χ2n) is 12.9. The standard InChI is InChI=1S/C29H40O9/c1-26(2,3)16-37-25(34)36-15-22(32)29(38-24(33)35-6)12-10-20-19-8-7-17-13-18(30)9-11-27(17,4)23(19)21(31)14-28(20,29)5/h9,11,13,19-21,23,31H,7-8,10,12,14-16H2,1-6H3/t19-,20-,21?,23+,27-,28-,29-/m0/s1. The van der Waals surface area contributed by atoms with Crippen molar-refractivity contribution >= 4 is 23.9 Å². The highest BCUT2D eigenvalue weighted by Crippen LogP contribution is 2.68. The highest BCUT2D eigenvalue weighted by Gasteiger charge is 2.70. The first-order chi connectivity index (χ1) is 17.7. The fourth-order valence-electron chi connectivity index (χ4n) is 7.74. The van der Waals surface area contributed by atoms with Gasteiger partial charge in [0, 0.05) is 16.7 Å². The van der Waals surface area contributed by atoms with Gasteiger partial charge in [0.15, 0.2) is 18.0 Å². The van der Waals surface area contributed by atoms with Crippen molar-refractivity contribution in [2.75, 3.05) is 20.3 Å². The first-order valence-electron chi connectivity index (χ1n) is 13.4. The van der Waals surface area contributed by atoms with E-state index in [1.165, 1.54) is 7.11 Å². The van der Waals surface area contributed by atoms with Gasteiger partial charge in [-0.15, -0.1) is 0 Å². The van der Waals surface area contributed by atoms with Crippen molar-refractivity contribution < 1.29 is 43.2 Å². The van der Waals surface area contributed by atoms with Gasteiger partial charge in [0.2, 0.25) is 5.78 Å². The van der Waals surface area contributed by atoms with Gasteiger partial charge in [-0.25, -0.2) is 9.59 Å². The molecule has 1 N–H and O–H groups in total. The molecule has 0 radical (unpaired) electrons. The third-order valence-corrected chi connectivity index (χ3v) is 9.43. The molecular formula is C29H40O9. The largest absolute Gasteiger partial charge is 0.509 e. The number of hydrogen-bond donors (Lipinski definition) is 1. The van der Waals surface area contributed by atoms with Crippen LogP contribution in [0.3, 0.4) is 0 Å². The Morgan fingerprint density at radius 3 is 2.47 bits per heavy atom. The Hall–Kier alpha value is -2.68. The Morgan fingerprint density at radius 1 is 1.11 bits per heavy atom. The summed E-state index contributed by atoms with van der Waals surface area (Å²) in [6.45, 7) is 9.15. The quantitative estimate of drug-likeness (QED) is 0.507. The van der Waals surface area contributed by atoms with E-state index >= 15 is 0 Å². The minimum absolute atomic E-state index is 0.0379. The van der Waals surface area contributed by atoms with E-state index in [-0.39, 0.29) is 48.4 Å². The average Bonchev–Trinajstić information content (AvgIpc) is 3.13. The maximum atomic E-state index is 13.8. The van der Waals surface area contributed by atoms with Gasteiger partial charge >= 0.3 is 12.3 Å². The lowest BCUT2D eigenvalue weighted by atomic mass is 9.46. The van der Waals surface area contributed by atoms with E-state index in [0.29, 0.717) is 12.8 Å². The maximum Gasteiger partial charge on any atom is 0.509 e. The van der Waals surface area contributed by atoms with Crippen LogP contribution in [0.15, 0.2) is 23.8 Å². The predicted octanol–water partition coefficient (Wildman–Crippen LogP) is 4.56. The number of aliphatic hydroxyl groups excluding tert-OH is 1. The summed E-state index contributed by atoms with van der Waals surface area (Å²) >= 11 is 0. The van der Waals surface area contributed by atoms with Crippen molar-refractivity contribution in [1.29, 1.82) is 0 Å². The number of fused-ring (bicyclic) bond motifs is 5. The monoisotopic (exact) mass is 532 g/mol. The van der Waals surface area contributed by atoms with Gasteiger partial charge in [-0.05, 0) is 61.5 Å². The lowest BCUT2D eigenvalue weighted by molar-refractivity contribution is -0.183. The van der Waals surface area contributed by atoms with Crippen LogP contribution in [0.4, 0.5) is 9.59 Å². The topological polar surface area (TPSA) is 125 Å². The molecule has 0 aromatic carbocycles. The zero-order valence-electron chi connectivity index (χ0n) is 23.2. The molecule has 9 nitrogen and oxygen atoms in total. The molecule has 9 heteroatoms. The van der Waals surface area contributed by atoms with Gasteiger partial charge < -0.3 is 24.1 Å². The van der Waals surface area contributed by atoms with Crippen molar-refractivity contribution in [3.8, 4) is 0 Å². The molecule has 3 saturated carbocycles. The molecule has 7 atom stereocenters. The Labute approximate surface area is 223 Å². The fraction of sp³-hybridized carbons (Fsp3) is 0.724. The Kier molecular flexibility index (Phi) is 7.31. The van der Waals surface area contributed by atoms with E-state index < -0.39 is 47.2 Å². The zero-order chi connectivity index (χ0) is 28.1. The van der Waals surface area contributed by atoms with Crippen molar-refractivity contribution in [1.82, 2.24) is 0 Å². The van der Waals surface area contributed by atoms with Crippen LogP contribution < -0.4 is 0 Å². The molecule has 38 heavy (non-hydrogen) atoms. The number of rotatable bonds is 5. The number of ether oxygens (including phenoxy) is 4. The summed E-state index contributed by atoms with van der Waals surface area (Å²) in [5.74, 6) is -0.738. The molecule has 0 saturated heterocycles. The Morgan fingerprint density at radius 2 is 1.82 bits per heavy atom. The van der Waals surface area contributed by atoms with E-state index in [2.05, 4.69) is 6.92 Å². The summed E-state index contributed by atoms with van der Waals surface area (Å²) in [7, 11) is 1.17. The normalized spacial score (nSPS) is 37.8. The fourth-order valence-corrected chi connectivity index (χ4v) is 7.74. The van der Waals surface area contributed by atoms with Crippen molar-refractivity contribution in [2.24, 2.45) is 34.0 Å². The van der Waals surface area contributed by atoms with Crippen LogP contribution in [0.2, 0.25) is 0 Å². The van der Waals surface area contributed by atoms with Gasteiger partial charge in [-0.3, -0.25) is 9.59 Å². The molecule has 0 aliphatic heterocycles. The maximum absolute atomic E-state index is 13.8. The molecule has 4 aliphatic carbocycles. The summed E-state index contributed by atoms with van der Waals surface area (Å²) in [5, 5.41) is 11.6. The molecule has 0 amide bonds. The van der Waals surface area contributed by atoms with Gasteiger partial charge in [-0.2, -0.15) is 0 Å². The second kappa shape index (κ2) is 9.81. The molecule has 0 aromatic heterocycles. The number of hydrogen-bond acceptors (Lipinski definition) is 9. The van der Waals surface area contributed by atoms with Crippen LogP contribution in [0.25, 0.3) is 0 Å². The predicted molar refractivity (Wildman–Crippen MR) is 136 cm³/mol. The van der Waals surface area contributed by atoms with Gasteiger partial charge in [-0.1, -0.05) is 46.3 Å². The Bertz CT molecular complexity index is 1070. The van der Waals surface area contributed by atoms with E-state index in [1.807, 2.05) is 33.8 Å². The van der Waals surface area contributed by atoms with Crippen LogP contribution in [-0.4, -0.2) is 61.0 Å². The average molecular weight is 533 g/mol. The zero-order valence-corrected chi connectivity index (χ0v) is 23.2. The molecule has 210 valence electrons. The molecule has 0 heterocycles.